The molecule has 4 nitrogen and oxygen atoms in total. The number of ether oxygens (including phenoxy) is 2. The first kappa shape index (κ1) is 12.2. The number of aromatic nitrogens is 2. The third-order valence-corrected chi connectivity index (χ3v) is 2.41. The Morgan fingerprint density at radius 3 is 2.87 bits per heavy atom. The normalized spacial score (nSPS) is 10.1. The van der Waals surface area contributed by atoms with E-state index in [-0.39, 0.29) is 0 Å². The van der Waals surface area contributed by atoms with E-state index in [0.29, 0.717) is 18.5 Å². The molecule has 0 amide bonds. The van der Waals surface area contributed by atoms with E-state index in [0.717, 1.165) is 17.3 Å². The van der Waals surface area contributed by atoms with E-state index in [1.807, 2.05) is 0 Å². The molecule has 0 fully saturated rings. The van der Waals surface area contributed by atoms with E-state index >= 15 is 0 Å². The number of unbranched alkanes of at least 4 members (excludes halogenated alkanes) is 2. The Morgan fingerprint density at radius 2 is 2.20 bits per heavy atom. The minimum atomic E-state index is 0.367. The summed E-state index contributed by atoms with van der Waals surface area (Å²) in [4.78, 5) is 8.11. The maximum atomic E-state index is 5.38. The molecular weight excluding hydrogens is 260 g/mol. The maximum Gasteiger partial charge on any atom is 0.319 e. The van der Waals surface area contributed by atoms with Gasteiger partial charge in [-0.15, -0.1) is 0 Å². The summed E-state index contributed by atoms with van der Waals surface area (Å²) < 4.78 is 11.1. The Morgan fingerprint density at radius 1 is 1.40 bits per heavy atom. The predicted molar refractivity (Wildman–Crippen MR) is 61.3 cm³/mol. The highest BCUT2D eigenvalue weighted by atomic mass is 79.9. The molecule has 0 aliphatic heterocycles. The molecule has 0 spiro atoms. The quantitative estimate of drug-likeness (QED) is 0.749. The predicted octanol–water partition coefficient (Wildman–Crippen LogP) is 2.82. The molecule has 0 radical (unpaired) electrons. The Balaban J connectivity index is 2.47. The van der Waals surface area contributed by atoms with Gasteiger partial charge in [0.15, 0.2) is 0 Å². The maximum absolute atomic E-state index is 5.38. The number of halogens is 1. The van der Waals surface area contributed by atoms with Crippen LogP contribution in [-0.4, -0.2) is 23.7 Å². The molecule has 0 aliphatic rings. The number of hydrogen-bond donors (Lipinski definition) is 0. The van der Waals surface area contributed by atoms with Crippen LogP contribution in [0.4, 0.5) is 0 Å². The van der Waals surface area contributed by atoms with Crippen molar-refractivity contribution in [2.75, 3.05) is 13.7 Å². The average Bonchev–Trinajstić information content (AvgIpc) is 2.26. The van der Waals surface area contributed by atoms with E-state index in [2.05, 4.69) is 32.8 Å². The lowest BCUT2D eigenvalue weighted by Crippen LogP contribution is -2.02. The van der Waals surface area contributed by atoms with Crippen LogP contribution >= 0.6 is 15.9 Å². The van der Waals surface area contributed by atoms with Crippen molar-refractivity contribution in [1.29, 1.82) is 0 Å². The highest BCUT2D eigenvalue weighted by Crippen LogP contribution is 2.22. The standard InChI is InChI=1S/C10H15BrN2O2/c1-3-4-5-6-15-10-12-7-8(11)9(13-10)14-2/h7H,3-6H2,1-2H3. The van der Waals surface area contributed by atoms with E-state index < -0.39 is 0 Å². The Hall–Kier alpha value is -0.840. The van der Waals surface area contributed by atoms with Crippen molar-refractivity contribution in [3.05, 3.63) is 10.7 Å². The summed E-state index contributed by atoms with van der Waals surface area (Å²) in [6.45, 7) is 2.80. The molecular formula is C10H15BrN2O2. The van der Waals surface area contributed by atoms with Crippen molar-refractivity contribution < 1.29 is 9.47 Å². The van der Waals surface area contributed by atoms with Gasteiger partial charge in [0.05, 0.1) is 24.4 Å². The summed E-state index contributed by atoms with van der Waals surface area (Å²) in [5, 5.41) is 0. The van der Waals surface area contributed by atoms with Gasteiger partial charge in [0, 0.05) is 0 Å². The summed E-state index contributed by atoms with van der Waals surface area (Å²) >= 11 is 3.28. The molecule has 0 aliphatic carbocycles. The molecule has 1 rings (SSSR count). The Labute approximate surface area is 98.2 Å². The molecule has 5 heteroatoms. The first-order valence-electron chi connectivity index (χ1n) is 4.97. The fourth-order valence-corrected chi connectivity index (χ4v) is 1.42. The fourth-order valence-electron chi connectivity index (χ4n) is 1.06. The molecule has 0 saturated carbocycles. The molecule has 1 aromatic rings. The van der Waals surface area contributed by atoms with Crippen molar-refractivity contribution in [3.63, 3.8) is 0 Å². The fraction of sp³-hybridized carbons (Fsp3) is 0.600. The van der Waals surface area contributed by atoms with Gasteiger partial charge in [0.1, 0.15) is 0 Å². The average molecular weight is 275 g/mol. The third kappa shape index (κ3) is 4.03. The largest absolute Gasteiger partial charge is 0.480 e. The van der Waals surface area contributed by atoms with Crippen molar-refractivity contribution in [2.45, 2.75) is 26.2 Å². The van der Waals surface area contributed by atoms with Gasteiger partial charge >= 0.3 is 6.01 Å². The van der Waals surface area contributed by atoms with Gasteiger partial charge in [-0.3, -0.25) is 0 Å². The van der Waals surface area contributed by atoms with Crippen molar-refractivity contribution >= 4 is 15.9 Å². The molecule has 15 heavy (non-hydrogen) atoms. The van der Waals surface area contributed by atoms with Gasteiger partial charge in [-0.05, 0) is 22.4 Å². The van der Waals surface area contributed by atoms with Crippen molar-refractivity contribution in [2.24, 2.45) is 0 Å². The molecule has 1 heterocycles. The lowest BCUT2D eigenvalue weighted by molar-refractivity contribution is 0.275. The number of nitrogens with zero attached hydrogens (tertiary/aromatic N) is 2. The van der Waals surface area contributed by atoms with Crippen LogP contribution in [0.25, 0.3) is 0 Å². The second-order valence-electron chi connectivity index (χ2n) is 3.07. The lowest BCUT2D eigenvalue weighted by atomic mass is 10.3. The highest BCUT2D eigenvalue weighted by molar-refractivity contribution is 9.10. The minimum Gasteiger partial charge on any atom is -0.480 e. The van der Waals surface area contributed by atoms with Crippen LogP contribution in [0.3, 0.4) is 0 Å². The van der Waals surface area contributed by atoms with Crippen LogP contribution in [0.1, 0.15) is 26.2 Å². The minimum absolute atomic E-state index is 0.367. The molecule has 1 aromatic heterocycles. The zero-order valence-corrected chi connectivity index (χ0v) is 10.6. The van der Waals surface area contributed by atoms with Gasteiger partial charge in [0.2, 0.25) is 5.88 Å². The van der Waals surface area contributed by atoms with Crippen molar-refractivity contribution in [3.8, 4) is 11.9 Å². The monoisotopic (exact) mass is 274 g/mol. The number of methoxy groups -OCH3 is 1. The van der Waals surface area contributed by atoms with Gasteiger partial charge in [-0.2, -0.15) is 4.98 Å². The summed E-state index contributed by atoms with van der Waals surface area (Å²) in [5.41, 5.74) is 0. The van der Waals surface area contributed by atoms with E-state index in [4.69, 9.17) is 9.47 Å². The van der Waals surface area contributed by atoms with Crippen LogP contribution in [0.5, 0.6) is 11.9 Å². The number of rotatable bonds is 6. The summed E-state index contributed by atoms with van der Waals surface area (Å²) in [7, 11) is 1.56. The van der Waals surface area contributed by atoms with Gasteiger partial charge in [-0.1, -0.05) is 19.8 Å². The van der Waals surface area contributed by atoms with E-state index in [9.17, 15) is 0 Å². The zero-order chi connectivity index (χ0) is 11.1. The topological polar surface area (TPSA) is 44.2 Å². The molecule has 0 N–H and O–H groups in total. The second kappa shape index (κ2) is 6.61. The lowest BCUT2D eigenvalue weighted by Gasteiger charge is -2.05. The van der Waals surface area contributed by atoms with Crippen LogP contribution in [0.2, 0.25) is 0 Å². The zero-order valence-electron chi connectivity index (χ0n) is 8.99. The van der Waals surface area contributed by atoms with E-state index in [1.165, 1.54) is 6.42 Å². The summed E-state index contributed by atoms with van der Waals surface area (Å²) in [5.74, 6) is 0.496. The molecule has 0 saturated heterocycles. The molecule has 0 aromatic carbocycles. The van der Waals surface area contributed by atoms with Gasteiger partial charge in [0.25, 0.3) is 0 Å². The first-order valence-corrected chi connectivity index (χ1v) is 5.76. The first-order chi connectivity index (χ1) is 7.27. The Bertz CT molecular complexity index is 307. The van der Waals surface area contributed by atoms with Crippen LogP contribution in [-0.2, 0) is 0 Å². The summed E-state index contributed by atoms with van der Waals surface area (Å²) in [6.07, 6.45) is 4.99. The molecule has 84 valence electrons. The van der Waals surface area contributed by atoms with Crippen LogP contribution < -0.4 is 9.47 Å². The van der Waals surface area contributed by atoms with Gasteiger partial charge < -0.3 is 9.47 Å². The SMILES string of the molecule is CCCCCOc1ncc(Br)c(OC)n1. The van der Waals surface area contributed by atoms with Crippen LogP contribution in [0, 0.1) is 0 Å². The molecule has 0 bridgehead atoms. The number of hydrogen-bond acceptors (Lipinski definition) is 4. The smallest absolute Gasteiger partial charge is 0.319 e. The van der Waals surface area contributed by atoms with E-state index in [1.54, 1.807) is 13.3 Å². The van der Waals surface area contributed by atoms with Crippen LogP contribution in [0.15, 0.2) is 10.7 Å². The third-order valence-electron chi connectivity index (χ3n) is 1.86. The van der Waals surface area contributed by atoms with Gasteiger partial charge in [-0.25, -0.2) is 4.98 Å². The Kier molecular flexibility index (Phi) is 5.39. The molecule has 0 unspecified atom stereocenters. The summed E-state index contributed by atoms with van der Waals surface area (Å²) in [6, 6.07) is 0.367. The highest BCUT2D eigenvalue weighted by Gasteiger charge is 2.05. The second-order valence-corrected chi connectivity index (χ2v) is 3.92. The van der Waals surface area contributed by atoms with Crippen molar-refractivity contribution in [1.82, 2.24) is 9.97 Å². The molecule has 0 atom stereocenters.